The molecule has 0 aromatic heterocycles. The Morgan fingerprint density at radius 2 is 1.42 bits per heavy atom. The Bertz CT molecular complexity index is 195. The summed E-state index contributed by atoms with van der Waals surface area (Å²) < 4.78 is 0. The van der Waals surface area contributed by atoms with E-state index in [9.17, 15) is 4.79 Å². The lowest BCUT2D eigenvalue weighted by Crippen LogP contribution is -1.88. The third kappa shape index (κ3) is 5.39. The van der Waals surface area contributed by atoms with Crippen LogP contribution in [0.3, 0.4) is 0 Å². The van der Waals surface area contributed by atoms with E-state index in [0.717, 1.165) is 0 Å². The summed E-state index contributed by atoms with van der Waals surface area (Å²) in [4.78, 5) is 11.1. The molecule has 0 bridgehead atoms. The minimum absolute atomic E-state index is 0.145. The van der Waals surface area contributed by atoms with Gasteiger partial charge >= 0.3 is 0 Å². The molecule has 3 heteroatoms. The van der Waals surface area contributed by atoms with Crippen molar-refractivity contribution in [2.24, 2.45) is 0 Å². The number of halogens is 2. The molecule has 0 N–H and O–H groups in total. The molecule has 0 heterocycles. The third-order valence-electron chi connectivity index (χ3n) is 1.27. The summed E-state index contributed by atoms with van der Waals surface area (Å²) in [6.07, 6.45) is 4.12. The van der Waals surface area contributed by atoms with Crippen molar-refractivity contribution in [2.75, 3.05) is 0 Å². The van der Waals surface area contributed by atoms with Gasteiger partial charge in [-0.15, -0.1) is 0 Å². The maximum absolute atomic E-state index is 11.1. The minimum atomic E-state index is -0.145. The molecule has 0 aliphatic rings. The summed E-state index contributed by atoms with van der Waals surface area (Å²) in [5.41, 5.74) is 0. The Morgan fingerprint density at radius 1 is 1.08 bits per heavy atom. The smallest absolute Gasteiger partial charge is 0.180 e. The summed E-state index contributed by atoms with van der Waals surface area (Å²) in [5, 5.41) is 1.11. The van der Waals surface area contributed by atoms with Crippen LogP contribution in [0.5, 0.6) is 0 Å². The van der Waals surface area contributed by atoms with Gasteiger partial charge in [-0.2, -0.15) is 0 Å². The molecule has 0 spiro atoms. The van der Waals surface area contributed by atoms with Gasteiger partial charge < -0.3 is 0 Å². The topological polar surface area (TPSA) is 17.1 Å². The summed E-state index contributed by atoms with van der Waals surface area (Å²) >= 11 is 11.3. The van der Waals surface area contributed by atoms with E-state index in [1.54, 1.807) is 0 Å². The van der Waals surface area contributed by atoms with Crippen molar-refractivity contribution in [3.05, 3.63) is 22.2 Å². The maximum atomic E-state index is 11.1. The highest BCUT2D eigenvalue weighted by atomic mass is 35.5. The van der Waals surface area contributed by atoms with Gasteiger partial charge in [-0.05, 0) is 25.0 Å². The fourth-order valence-corrected chi connectivity index (χ4v) is 0.770. The Morgan fingerprint density at radius 3 is 1.67 bits per heavy atom. The fourth-order valence-electron chi connectivity index (χ4n) is 0.555. The van der Waals surface area contributed by atoms with Crippen LogP contribution in [0, 0.1) is 0 Å². The maximum Gasteiger partial charge on any atom is 0.180 e. The number of carbonyl (C=O) groups excluding carboxylic acids is 1. The van der Waals surface area contributed by atoms with Gasteiger partial charge in [0.2, 0.25) is 0 Å². The zero-order valence-corrected chi connectivity index (χ0v) is 8.74. The van der Waals surface area contributed by atoms with Crippen LogP contribution in [0.15, 0.2) is 22.2 Å². The average molecular weight is 207 g/mol. The van der Waals surface area contributed by atoms with Crippen LogP contribution in [0.25, 0.3) is 0 Å². The number of rotatable bonds is 4. The molecule has 12 heavy (non-hydrogen) atoms. The second kappa shape index (κ2) is 6.27. The lowest BCUT2D eigenvalue weighted by molar-refractivity contribution is -0.110. The highest BCUT2D eigenvalue weighted by Gasteiger charge is 1.96. The van der Waals surface area contributed by atoms with E-state index in [1.165, 1.54) is 12.2 Å². The lowest BCUT2D eigenvalue weighted by atomic mass is 10.3. The predicted octanol–water partition coefficient (Wildman–Crippen LogP) is 3.62. The van der Waals surface area contributed by atoms with Crippen LogP contribution in [0.1, 0.15) is 26.7 Å². The number of hydrogen-bond donors (Lipinski definition) is 0. The predicted molar refractivity (Wildman–Crippen MR) is 53.5 cm³/mol. The first-order chi connectivity index (χ1) is 5.60. The molecular formula is C9H12Cl2O. The molecule has 0 rings (SSSR count). The van der Waals surface area contributed by atoms with Crippen molar-refractivity contribution >= 4 is 29.0 Å². The number of allylic oxidation sites excluding steroid dienone is 4. The van der Waals surface area contributed by atoms with Gasteiger partial charge in [0, 0.05) is 10.1 Å². The molecule has 68 valence electrons. The van der Waals surface area contributed by atoms with Crippen molar-refractivity contribution < 1.29 is 4.79 Å². The van der Waals surface area contributed by atoms with E-state index in [2.05, 4.69) is 0 Å². The minimum Gasteiger partial charge on any atom is -0.290 e. The lowest BCUT2D eigenvalue weighted by Gasteiger charge is -1.91. The second-order valence-electron chi connectivity index (χ2n) is 2.29. The van der Waals surface area contributed by atoms with Gasteiger partial charge in [0.25, 0.3) is 0 Å². The summed E-state index contributed by atoms with van der Waals surface area (Å²) in [6.45, 7) is 3.77. The molecule has 0 amide bonds. The Hall–Kier alpha value is -0.270. The molecule has 0 atom stereocenters. The first-order valence-electron chi connectivity index (χ1n) is 3.86. The van der Waals surface area contributed by atoms with Crippen LogP contribution in [0.2, 0.25) is 0 Å². The van der Waals surface area contributed by atoms with Crippen LogP contribution in [0.4, 0.5) is 0 Å². The monoisotopic (exact) mass is 206 g/mol. The number of ketones is 1. The average Bonchev–Trinajstić information content (AvgIpc) is 2.03. The van der Waals surface area contributed by atoms with Gasteiger partial charge in [-0.25, -0.2) is 0 Å². The van der Waals surface area contributed by atoms with Crippen LogP contribution in [-0.2, 0) is 4.79 Å². The van der Waals surface area contributed by atoms with E-state index >= 15 is 0 Å². The van der Waals surface area contributed by atoms with Gasteiger partial charge in [0.1, 0.15) is 0 Å². The van der Waals surface area contributed by atoms with Crippen LogP contribution < -0.4 is 0 Å². The van der Waals surface area contributed by atoms with E-state index < -0.39 is 0 Å². The molecular weight excluding hydrogens is 195 g/mol. The molecule has 0 aliphatic carbocycles. The molecule has 0 radical (unpaired) electrons. The van der Waals surface area contributed by atoms with E-state index in [1.807, 2.05) is 13.8 Å². The Balaban J connectivity index is 4.24. The Labute approximate surface area is 83.0 Å². The molecule has 1 nitrogen and oxygen atoms in total. The van der Waals surface area contributed by atoms with Gasteiger partial charge in [0.05, 0.1) is 0 Å². The summed E-state index contributed by atoms with van der Waals surface area (Å²) in [6, 6.07) is 0. The van der Waals surface area contributed by atoms with E-state index in [-0.39, 0.29) is 5.78 Å². The van der Waals surface area contributed by atoms with Gasteiger partial charge in [-0.3, -0.25) is 4.79 Å². The third-order valence-corrected chi connectivity index (χ3v) is 2.03. The first-order valence-corrected chi connectivity index (χ1v) is 4.61. The van der Waals surface area contributed by atoms with E-state index in [4.69, 9.17) is 23.2 Å². The van der Waals surface area contributed by atoms with Crippen molar-refractivity contribution in [3.8, 4) is 0 Å². The normalized spacial score (nSPS) is 13.3. The zero-order chi connectivity index (χ0) is 9.56. The molecule has 0 saturated heterocycles. The van der Waals surface area contributed by atoms with Crippen LogP contribution >= 0.6 is 23.2 Å². The molecule has 0 unspecified atom stereocenters. The van der Waals surface area contributed by atoms with Crippen molar-refractivity contribution in [2.45, 2.75) is 26.7 Å². The van der Waals surface area contributed by atoms with E-state index in [0.29, 0.717) is 22.9 Å². The molecule has 0 aromatic rings. The Kier molecular flexibility index (Phi) is 6.13. The highest BCUT2D eigenvalue weighted by Crippen LogP contribution is 2.09. The van der Waals surface area contributed by atoms with Crippen molar-refractivity contribution in [1.82, 2.24) is 0 Å². The van der Waals surface area contributed by atoms with Crippen LogP contribution in [-0.4, -0.2) is 5.78 Å². The highest BCUT2D eigenvalue weighted by molar-refractivity contribution is 6.33. The quantitative estimate of drug-likeness (QED) is 0.643. The molecule has 0 saturated carbocycles. The standard InChI is InChI=1S/C9H12Cl2O/c1-3-7(10)5-9(12)6-8(11)4-2/h5-6H,3-4H2,1-2H3. The van der Waals surface area contributed by atoms with Crippen molar-refractivity contribution in [3.63, 3.8) is 0 Å². The summed E-state index contributed by atoms with van der Waals surface area (Å²) in [7, 11) is 0. The SMILES string of the molecule is CCC(Cl)=CC(=O)C=C(Cl)CC. The second-order valence-corrected chi connectivity index (χ2v) is 3.26. The largest absolute Gasteiger partial charge is 0.290 e. The van der Waals surface area contributed by atoms with Gasteiger partial charge in [-0.1, -0.05) is 37.0 Å². The molecule has 0 fully saturated rings. The zero-order valence-electron chi connectivity index (χ0n) is 7.23. The molecule has 0 aromatic carbocycles. The fraction of sp³-hybridized carbons (Fsp3) is 0.444. The first kappa shape index (κ1) is 11.7. The summed E-state index contributed by atoms with van der Waals surface area (Å²) in [5.74, 6) is -0.145. The van der Waals surface area contributed by atoms with Gasteiger partial charge in [0.15, 0.2) is 5.78 Å². The number of carbonyl (C=O) groups is 1. The van der Waals surface area contributed by atoms with Crippen molar-refractivity contribution in [1.29, 1.82) is 0 Å². The molecule has 0 aliphatic heterocycles. The number of hydrogen-bond acceptors (Lipinski definition) is 1.